The molecule has 5 nitrogen and oxygen atoms in total. The van der Waals surface area contributed by atoms with Crippen molar-refractivity contribution in [2.75, 3.05) is 5.32 Å². The number of benzene rings is 3. The van der Waals surface area contributed by atoms with E-state index in [1.807, 2.05) is 6.07 Å². The number of amides is 1. The van der Waals surface area contributed by atoms with E-state index in [0.717, 1.165) is 0 Å². The Kier molecular flexibility index (Phi) is 7.04. The molecule has 8 heteroatoms. The third kappa shape index (κ3) is 5.57. The molecule has 1 amide bonds. The normalized spacial score (nSPS) is 10.6. The van der Waals surface area contributed by atoms with Crippen molar-refractivity contribution >= 4 is 52.2 Å². The fourth-order valence-electron chi connectivity index (χ4n) is 3.06. The topological polar surface area (TPSA) is 68.5 Å². The van der Waals surface area contributed by atoms with Crippen molar-refractivity contribution in [1.82, 2.24) is 0 Å². The van der Waals surface area contributed by atoms with Crippen molar-refractivity contribution in [3.63, 3.8) is 0 Å². The quantitative estimate of drug-likeness (QED) is 0.270. The number of halogens is 3. The van der Waals surface area contributed by atoms with E-state index in [9.17, 15) is 9.59 Å². The van der Waals surface area contributed by atoms with Gasteiger partial charge >= 0.3 is 0 Å². The first-order valence-corrected chi connectivity index (χ1v) is 10.9. The summed E-state index contributed by atoms with van der Waals surface area (Å²) in [7, 11) is 0. The second-order valence-corrected chi connectivity index (χ2v) is 8.25. The van der Waals surface area contributed by atoms with Crippen LogP contribution >= 0.6 is 34.8 Å². The molecule has 0 atom stereocenters. The van der Waals surface area contributed by atoms with Gasteiger partial charge in [-0.3, -0.25) is 9.59 Å². The number of carbonyl (C=O) groups excluding carboxylic acids is 2. The molecule has 4 rings (SSSR count). The maximum absolute atomic E-state index is 12.9. The minimum absolute atomic E-state index is 0.0591. The molecule has 4 aromatic rings. The number of rotatable bonds is 7. The average molecular weight is 501 g/mol. The first kappa shape index (κ1) is 22.9. The van der Waals surface area contributed by atoms with Crippen molar-refractivity contribution in [2.24, 2.45) is 0 Å². The molecular weight excluding hydrogens is 485 g/mol. The Balaban J connectivity index is 1.48. The molecule has 0 aliphatic carbocycles. The molecule has 0 aliphatic heterocycles. The van der Waals surface area contributed by atoms with Crippen LogP contribution in [0.1, 0.15) is 32.2 Å². The van der Waals surface area contributed by atoms with E-state index in [-0.39, 0.29) is 23.7 Å². The highest BCUT2D eigenvalue weighted by atomic mass is 35.5. The van der Waals surface area contributed by atoms with Crippen molar-refractivity contribution in [2.45, 2.75) is 6.61 Å². The summed E-state index contributed by atoms with van der Waals surface area (Å²) in [6.45, 7) is 0.0628. The molecule has 0 saturated heterocycles. The van der Waals surface area contributed by atoms with Crippen LogP contribution in [-0.4, -0.2) is 11.7 Å². The van der Waals surface area contributed by atoms with Crippen molar-refractivity contribution in [3.05, 3.63) is 117 Å². The van der Waals surface area contributed by atoms with E-state index >= 15 is 0 Å². The second kappa shape index (κ2) is 10.1. The SMILES string of the molecule is O=C(Nc1ccc(Cl)cc1C(=O)c1ccccc1)c1ccc(COc2ccc(Cl)cc2Cl)o1. The summed E-state index contributed by atoms with van der Waals surface area (Å²) >= 11 is 18.1. The minimum atomic E-state index is -0.518. The number of carbonyl (C=O) groups is 2. The lowest BCUT2D eigenvalue weighted by molar-refractivity contribution is 0.0992. The minimum Gasteiger partial charge on any atom is -0.484 e. The molecule has 0 fully saturated rings. The number of furan rings is 1. The van der Waals surface area contributed by atoms with Crippen LogP contribution in [-0.2, 0) is 6.61 Å². The van der Waals surface area contributed by atoms with Gasteiger partial charge in [-0.25, -0.2) is 0 Å². The van der Waals surface area contributed by atoms with Crippen molar-refractivity contribution in [1.29, 1.82) is 0 Å². The lowest BCUT2D eigenvalue weighted by atomic mass is 10.0. The van der Waals surface area contributed by atoms with Gasteiger partial charge in [0.1, 0.15) is 18.1 Å². The van der Waals surface area contributed by atoms with Gasteiger partial charge < -0.3 is 14.5 Å². The third-order valence-electron chi connectivity index (χ3n) is 4.66. The predicted octanol–water partition coefficient (Wildman–Crippen LogP) is 7.30. The Morgan fingerprint density at radius 1 is 0.848 bits per heavy atom. The Bertz CT molecular complexity index is 1320. The molecule has 0 saturated carbocycles. The highest BCUT2D eigenvalue weighted by Gasteiger charge is 2.18. The average Bonchev–Trinajstić information content (AvgIpc) is 3.29. The summed E-state index contributed by atoms with van der Waals surface area (Å²) in [5, 5.41) is 3.96. The van der Waals surface area contributed by atoms with Crippen LogP contribution in [0, 0.1) is 0 Å². The molecule has 0 spiro atoms. The predicted molar refractivity (Wildman–Crippen MR) is 129 cm³/mol. The van der Waals surface area contributed by atoms with Gasteiger partial charge in [-0.1, -0.05) is 65.1 Å². The number of ketones is 1. The van der Waals surface area contributed by atoms with Gasteiger partial charge in [-0.2, -0.15) is 0 Å². The molecule has 0 unspecified atom stereocenters. The zero-order valence-electron chi connectivity index (χ0n) is 17.0. The number of hydrogen-bond acceptors (Lipinski definition) is 4. The molecule has 33 heavy (non-hydrogen) atoms. The lowest BCUT2D eigenvalue weighted by Gasteiger charge is -2.10. The first-order valence-electron chi connectivity index (χ1n) is 9.78. The largest absolute Gasteiger partial charge is 0.484 e. The number of anilines is 1. The molecule has 1 aromatic heterocycles. The number of ether oxygens (including phenoxy) is 1. The molecule has 0 aliphatic rings. The Labute approximate surface area is 204 Å². The monoisotopic (exact) mass is 499 g/mol. The van der Waals surface area contributed by atoms with Crippen molar-refractivity contribution in [3.8, 4) is 5.75 Å². The summed E-state index contributed by atoms with van der Waals surface area (Å²) in [6, 6.07) is 21.4. The van der Waals surface area contributed by atoms with Gasteiger partial charge in [0.15, 0.2) is 11.5 Å². The summed E-state index contributed by atoms with van der Waals surface area (Å²) in [5.41, 5.74) is 1.07. The van der Waals surface area contributed by atoms with Gasteiger partial charge in [-0.15, -0.1) is 0 Å². The fourth-order valence-corrected chi connectivity index (χ4v) is 3.70. The van der Waals surface area contributed by atoms with E-state index in [1.54, 1.807) is 60.7 Å². The van der Waals surface area contributed by atoms with Crippen LogP contribution in [0.4, 0.5) is 5.69 Å². The Morgan fingerprint density at radius 3 is 2.33 bits per heavy atom. The van der Waals surface area contributed by atoms with Gasteiger partial charge in [0, 0.05) is 21.2 Å². The smallest absolute Gasteiger partial charge is 0.291 e. The van der Waals surface area contributed by atoms with Crippen LogP contribution in [0.3, 0.4) is 0 Å². The maximum Gasteiger partial charge on any atom is 0.291 e. The van der Waals surface area contributed by atoms with E-state index in [0.29, 0.717) is 37.8 Å². The molecule has 0 bridgehead atoms. The molecule has 1 heterocycles. The molecule has 1 N–H and O–H groups in total. The van der Waals surface area contributed by atoms with Gasteiger partial charge in [-0.05, 0) is 48.5 Å². The Hall–Kier alpha value is -3.25. The zero-order chi connectivity index (χ0) is 23.4. The van der Waals surface area contributed by atoms with Crippen LogP contribution in [0.25, 0.3) is 0 Å². The van der Waals surface area contributed by atoms with Gasteiger partial charge in [0.05, 0.1) is 10.7 Å². The lowest BCUT2D eigenvalue weighted by Crippen LogP contribution is -2.14. The summed E-state index contributed by atoms with van der Waals surface area (Å²) < 4.78 is 11.2. The maximum atomic E-state index is 12.9. The number of hydrogen-bond donors (Lipinski definition) is 1. The summed E-state index contributed by atoms with van der Waals surface area (Å²) in [6.07, 6.45) is 0. The second-order valence-electron chi connectivity index (χ2n) is 6.97. The van der Waals surface area contributed by atoms with E-state index < -0.39 is 5.91 Å². The standard InChI is InChI=1S/C25H16Cl3NO4/c26-16-6-9-21(19(12-16)24(30)15-4-2-1-3-5-15)29-25(31)23-11-8-18(33-23)14-32-22-10-7-17(27)13-20(22)28/h1-13H,14H2,(H,29,31). The highest BCUT2D eigenvalue weighted by Crippen LogP contribution is 2.29. The van der Waals surface area contributed by atoms with E-state index in [2.05, 4.69) is 5.32 Å². The van der Waals surface area contributed by atoms with Gasteiger partial charge in [0.25, 0.3) is 5.91 Å². The molecular formula is C25H16Cl3NO4. The van der Waals surface area contributed by atoms with Crippen LogP contribution in [0.2, 0.25) is 15.1 Å². The first-order chi connectivity index (χ1) is 15.9. The highest BCUT2D eigenvalue weighted by molar-refractivity contribution is 6.35. The molecule has 0 radical (unpaired) electrons. The third-order valence-corrected chi connectivity index (χ3v) is 5.43. The van der Waals surface area contributed by atoms with Crippen LogP contribution < -0.4 is 10.1 Å². The Morgan fingerprint density at radius 2 is 1.58 bits per heavy atom. The summed E-state index contributed by atoms with van der Waals surface area (Å²) in [4.78, 5) is 25.7. The van der Waals surface area contributed by atoms with Crippen molar-refractivity contribution < 1.29 is 18.7 Å². The number of nitrogens with one attached hydrogen (secondary N) is 1. The fraction of sp³-hybridized carbons (Fsp3) is 0.0400. The zero-order valence-corrected chi connectivity index (χ0v) is 19.2. The van der Waals surface area contributed by atoms with E-state index in [1.165, 1.54) is 12.1 Å². The van der Waals surface area contributed by atoms with Crippen LogP contribution in [0.15, 0.2) is 83.3 Å². The summed E-state index contributed by atoms with van der Waals surface area (Å²) in [5.74, 6) is 0.136. The molecule has 166 valence electrons. The van der Waals surface area contributed by atoms with Gasteiger partial charge in [0.2, 0.25) is 0 Å². The van der Waals surface area contributed by atoms with Crippen LogP contribution in [0.5, 0.6) is 5.75 Å². The molecule has 3 aromatic carbocycles. The van der Waals surface area contributed by atoms with E-state index in [4.69, 9.17) is 44.0 Å².